The summed E-state index contributed by atoms with van der Waals surface area (Å²) >= 11 is 5.79. The third-order valence-electron chi connectivity index (χ3n) is 5.21. The van der Waals surface area contributed by atoms with Gasteiger partial charge in [0.05, 0.1) is 22.1 Å². The van der Waals surface area contributed by atoms with E-state index in [2.05, 4.69) is 27.6 Å². The van der Waals surface area contributed by atoms with Crippen molar-refractivity contribution in [3.05, 3.63) is 24.5 Å². The summed E-state index contributed by atoms with van der Waals surface area (Å²) in [6.45, 7) is 6.91. The predicted molar refractivity (Wildman–Crippen MR) is 112 cm³/mol. The minimum absolute atomic E-state index is 0.372. The molecule has 0 aromatic carbocycles. The Labute approximate surface area is 163 Å². The van der Waals surface area contributed by atoms with Crippen molar-refractivity contribution in [3.63, 3.8) is 0 Å². The molecule has 1 aliphatic rings. The highest BCUT2D eigenvalue weighted by atomic mass is 32.2. The summed E-state index contributed by atoms with van der Waals surface area (Å²) in [6, 6.07) is 3.99. The van der Waals surface area contributed by atoms with E-state index in [1.165, 1.54) is 0 Å². The van der Waals surface area contributed by atoms with E-state index in [4.69, 9.17) is 12.2 Å². The topological polar surface area (TPSA) is 62.3 Å². The Balaban J connectivity index is 1.81. The van der Waals surface area contributed by atoms with Crippen LogP contribution in [0.15, 0.2) is 24.5 Å². The molecule has 1 aromatic rings. The van der Waals surface area contributed by atoms with E-state index in [0.717, 1.165) is 49.3 Å². The van der Waals surface area contributed by atoms with E-state index < -0.39 is 10.0 Å². The average molecular weight is 398 g/mol. The zero-order valence-corrected chi connectivity index (χ0v) is 17.7. The SMILES string of the molecule is CCN(c1cccnc1)C(=S)[C@H]1CC[C@H](CCNS(=O)(=O)C(C)C)CC1. The highest BCUT2D eigenvalue weighted by Crippen LogP contribution is 2.33. The Morgan fingerprint density at radius 3 is 2.58 bits per heavy atom. The van der Waals surface area contributed by atoms with Crippen LogP contribution in [0.2, 0.25) is 0 Å². The van der Waals surface area contributed by atoms with Crippen LogP contribution in [0.1, 0.15) is 52.9 Å². The Morgan fingerprint density at radius 1 is 1.35 bits per heavy atom. The number of anilines is 1. The van der Waals surface area contributed by atoms with Crippen molar-refractivity contribution in [3.8, 4) is 0 Å². The molecule has 0 atom stereocenters. The second-order valence-corrected chi connectivity index (χ2v) is 10.0. The Bertz CT molecular complexity index is 669. The molecule has 2 rings (SSSR count). The van der Waals surface area contributed by atoms with E-state index in [1.807, 2.05) is 12.3 Å². The van der Waals surface area contributed by atoms with Crippen molar-refractivity contribution in [1.82, 2.24) is 9.71 Å². The summed E-state index contributed by atoms with van der Waals surface area (Å²) in [5, 5.41) is -0.372. The Hall–Kier alpha value is -1.05. The van der Waals surface area contributed by atoms with Crippen LogP contribution in [0.3, 0.4) is 0 Å². The monoisotopic (exact) mass is 397 g/mol. The van der Waals surface area contributed by atoms with Gasteiger partial charge in [0.2, 0.25) is 10.0 Å². The maximum absolute atomic E-state index is 11.8. The molecule has 0 radical (unpaired) electrons. The predicted octanol–water partition coefficient (Wildman–Crippen LogP) is 3.76. The zero-order chi connectivity index (χ0) is 19.2. The summed E-state index contributed by atoms with van der Waals surface area (Å²) in [5.41, 5.74) is 1.06. The van der Waals surface area contributed by atoms with Crippen LogP contribution in [0.4, 0.5) is 5.69 Å². The highest BCUT2D eigenvalue weighted by Gasteiger charge is 2.27. The molecule has 0 saturated heterocycles. The van der Waals surface area contributed by atoms with Crippen molar-refractivity contribution in [1.29, 1.82) is 0 Å². The molecule has 146 valence electrons. The first-order chi connectivity index (χ1) is 12.3. The van der Waals surface area contributed by atoms with E-state index in [1.54, 1.807) is 20.0 Å². The molecule has 0 bridgehead atoms. The fourth-order valence-corrected chi connectivity index (χ4v) is 4.68. The highest BCUT2D eigenvalue weighted by molar-refractivity contribution is 7.90. The summed E-state index contributed by atoms with van der Waals surface area (Å²) in [7, 11) is -3.15. The molecule has 0 amide bonds. The van der Waals surface area contributed by atoms with Gasteiger partial charge in [0.1, 0.15) is 0 Å². The molecule has 26 heavy (non-hydrogen) atoms. The lowest BCUT2D eigenvalue weighted by atomic mass is 9.80. The molecule has 0 aliphatic heterocycles. The molecule has 1 heterocycles. The van der Waals surface area contributed by atoms with E-state index in [0.29, 0.717) is 18.4 Å². The minimum atomic E-state index is -3.15. The molecule has 1 aliphatic carbocycles. The number of nitrogens with one attached hydrogen (secondary N) is 1. The number of rotatable bonds is 8. The number of aromatic nitrogens is 1. The van der Waals surface area contributed by atoms with Gasteiger partial charge in [0.25, 0.3) is 0 Å². The van der Waals surface area contributed by atoms with Crippen LogP contribution >= 0.6 is 12.2 Å². The van der Waals surface area contributed by atoms with E-state index in [9.17, 15) is 8.42 Å². The number of pyridine rings is 1. The average Bonchev–Trinajstić information content (AvgIpc) is 2.63. The molecule has 1 saturated carbocycles. The summed E-state index contributed by atoms with van der Waals surface area (Å²) in [6.07, 6.45) is 8.93. The van der Waals surface area contributed by atoms with Gasteiger partial charge in [-0.15, -0.1) is 0 Å². The molecular weight excluding hydrogens is 366 g/mol. The fraction of sp³-hybridized carbons (Fsp3) is 0.684. The molecular formula is C19H31N3O2S2. The molecule has 0 spiro atoms. The van der Waals surface area contributed by atoms with Crippen molar-refractivity contribution in [2.24, 2.45) is 11.8 Å². The first kappa shape index (κ1) is 21.3. The molecule has 1 N–H and O–H groups in total. The maximum Gasteiger partial charge on any atom is 0.213 e. The van der Waals surface area contributed by atoms with Gasteiger partial charge in [-0.1, -0.05) is 12.2 Å². The van der Waals surface area contributed by atoms with E-state index in [-0.39, 0.29) is 5.25 Å². The number of thiocarbonyl (C=S) groups is 1. The Kier molecular flexibility index (Phi) is 7.98. The third kappa shape index (κ3) is 5.72. The second-order valence-electron chi connectivity index (χ2n) is 7.29. The summed E-state index contributed by atoms with van der Waals surface area (Å²) in [5.74, 6) is 1.01. The lowest BCUT2D eigenvalue weighted by molar-refractivity contribution is 0.307. The normalized spacial score (nSPS) is 20.9. The number of nitrogens with zero attached hydrogens (tertiary/aromatic N) is 2. The maximum atomic E-state index is 11.8. The van der Waals surface area contributed by atoms with Crippen LogP contribution in [-0.4, -0.2) is 36.7 Å². The van der Waals surface area contributed by atoms with Gasteiger partial charge in [-0.25, -0.2) is 13.1 Å². The molecule has 1 aromatic heterocycles. The van der Waals surface area contributed by atoms with Crippen molar-refractivity contribution >= 4 is 32.9 Å². The number of sulfonamides is 1. The number of hydrogen-bond donors (Lipinski definition) is 1. The third-order valence-corrected chi connectivity index (χ3v) is 7.61. The van der Waals surface area contributed by atoms with Gasteiger partial charge >= 0.3 is 0 Å². The van der Waals surface area contributed by atoms with Gasteiger partial charge in [-0.2, -0.15) is 0 Å². The summed E-state index contributed by atoms with van der Waals surface area (Å²) < 4.78 is 26.4. The van der Waals surface area contributed by atoms with Gasteiger partial charge in [0, 0.05) is 25.2 Å². The van der Waals surface area contributed by atoms with Crippen LogP contribution in [0.25, 0.3) is 0 Å². The van der Waals surface area contributed by atoms with Gasteiger partial charge < -0.3 is 4.90 Å². The Morgan fingerprint density at radius 2 is 2.04 bits per heavy atom. The van der Waals surface area contributed by atoms with Crippen LogP contribution < -0.4 is 9.62 Å². The first-order valence-corrected chi connectivity index (χ1v) is 11.5. The van der Waals surface area contributed by atoms with Crippen molar-refractivity contribution in [2.75, 3.05) is 18.0 Å². The largest absolute Gasteiger partial charge is 0.335 e. The lowest BCUT2D eigenvalue weighted by Crippen LogP contribution is -2.37. The molecule has 7 heteroatoms. The van der Waals surface area contributed by atoms with Crippen LogP contribution in [-0.2, 0) is 10.0 Å². The standard InChI is InChI=1S/C19H31N3O2S2/c1-4-22(18-6-5-12-20-14-18)19(25)17-9-7-16(8-10-17)11-13-21-26(23,24)15(2)3/h5-6,12,14-17,21H,4,7-11,13H2,1-3H3/t16-,17-. The zero-order valence-electron chi connectivity index (χ0n) is 16.0. The molecule has 1 fully saturated rings. The quantitative estimate of drug-likeness (QED) is 0.677. The molecule has 0 unspecified atom stereocenters. The van der Waals surface area contributed by atoms with E-state index >= 15 is 0 Å². The first-order valence-electron chi connectivity index (χ1n) is 9.55. The van der Waals surface area contributed by atoms with Gasteiger partial charge in [-0.3, -0.25) is 4.98 Å². The van der Waals surface area contributed by atoms with Crippen LogP contribution in [0.5, 0.6) is 0 Å². The van der Waals surface area contributed by atoms with Crippen LogP contribution in [0, 0.1) is 11.8 Å². The fourth-order valence-electron chi connectivity index (χ4n) is 3.47. The molecule has 5 nitrogen and oxygen atoms in total. The lowest BCUT2D eigenvalue weighted by Gasteiger charge is -2.34. The smallest absolute Gasteiger partial charge is 0.213 e. The van der Waals surface area contributed by atoms with Crippen molar-refractivity contribution < 1.29 is 8.42 Å². The van der Waals surface area contributed by atoms with Gasteiger partial charge in [0.15, 0.2) is 0 Å². The van der Waals surface area contributed by atoms with Gasteiger partial charge in [-0.05, 0) is 70.9 Å². The summed E-state index contributed by atoms with van der Waals surface area (Å²) in [4.78, 5) is 7.40. The van der Waals surface area contributed by atoms with Crippen molar-refractivity contribution in [2.45, 2.75) is 58.1 Å². The second kappa shape index (κ2) is 9.76. The minimum Gasteiger partial charge on any atom is -0.335 e. The number of hydrogen-bond acceptors (Lipinski definition) is 4.